The minimum absolute atomic E-state index is 0.0348. The standard InChI is InChI=1S/C14H9ClF3N3O2/c15-10-3-2-8(5-9(10)14(16,17)18)21-13(23)7-1-4-11(12(19)22)20-6-7/h1-6H,(H2,19,22)(H,21,23). The molecule has 1 heterocycles. The first-order valence-electron chi connectivity index (χ1n) is 6.12. The molecule has 3 N–H and O–H groups in total. The van der Waals surface area contributed by atoms with Crippen molar-refractivity contribution in [2.45, 2.75) is 6.18 Å². The van der Waals surface area contributed by atoms with E-state index in [1.54, 1.807) is 0 Å². The van der Waals surface area contributed by atoms with Crippen molar-refractivity contribution in [3.8, 4) is 0 Å². The van der Waals surface area contributed by atoms with Crippen LogP contribution in [0.25, 0.3) is 0 Å². The van der Waals surface area contributed by atoms with Gasteiger partial charge in [-0.1, -0.05) is 11.6 Å². The molecule has 0 fully saturated rings. The number of nitrogens with two attached hydrogens (primary N) is 1. The lowest BCUT2D eigenvalue weighted by Gasteiger charge is -2.11. The van der Waals surface area contributed by atoms with E-state index in [1.807, 2.05) is 0 Å². The number of anilines is 1. The Morgan fingerprint density at radius 1 is 1.17 bits per heavy atom. The number of aromatic nitrogens is 1. The van der Waals surface area contributed by atoms with Gasteiger partial charge in [0.25, 0.3) is 11.8 Å². The van der Waals surface area contributed by atoms with Crippen LogP contribution in [0.3, 0.4) is 0 Å². The zero-order valence-corrected chi connectivity index (χ0v) is 12.1. The number of alkyl halides is 3. The van der Waals surface area contributed by atoms with Crippen molar-refractivity contribution in [2.75, 3.05) is 5.32 Å². The van der Waals surface area contributed by atoms with E-state index in [9.17, 15) is 22.8 Å². The highest BCUT2D eigenvalue weighted by Crippen LogP contribution is 2.36. The Hall–Kier alpha value is -2.61. The number of hydrogen-bond acceptors (Lipinski definition) is 3. The average molecular weight is 344 g/mol. The lowest BCUT2D eigenvalue weighted by molar-refractivity contribution is -0.137. The third kappa shape index (κ3) is 3.98. The highest BCUT2D eigenvalue weighted by molar-refractivity contribution is 6.31. The van der Waals surface area contributed by atoms with E-state index in [2.05, 4.69) is 10.3 Å². The van der Waals surface area contributed by atoms with Crippen molar-refractivity contribution >= 4 is 29.1 Å². The van der Waals surface area contributed by atoms with Crippen LogP contribution < -0.4 is 11.1 Å². The Bertz CT molecular complexity index is 761. The molecular weight excluding hydrogens is 335 g/mol. The maximum absolute atomic E-state index is 12.8. The van der Waals surface area contributed by atoms with Gasteiger partial charge in [-0.15, -0.1) is 0 Å². The van der Waals surface area contributed by atoms with Crippen LogP contribution in [0.15, 0.2) is 36.5 Å². The number of nitrogens with one attached hydrogen (secondary N) is 1. The number of amides is 2. The highest BCUT2D eigenvalue weighted by atomic mass is 35.5. The topological polar surface area (TPSA) is 85.1 Å². The SMILES string of the molecule is NC(=O)c1ccc(C(=O)Nc2ccc(Cl)c(C(F)(F)F)c2)cn1. The number of primary amides is 1. The first-order chi connectivity index (χ1) is 10.7. The monoisotopic (exact) mass is 343 g/mol. The second-order valence-corrected chi connectivity index (χ2v) is 4.85. The van der Waals surface area contributed by atoms with Crippen LogP contribution in [-0.4, -0.2) is 16.8 Å². The number of carbonyl (C=O) groups excluding carboxylic acids is 2. The summed E-state index contributed by atoms with van der Waals surface area (Å²) in [6.45, 7) is 0. The lowest BCUT2D eigenvalue weighted by Crippen LogP contribution is -2.16. The van der Waals surface area contributed by atoms with Gasteiger partial charge in [0.05, 0.1) is 16.1 Å². The van der Waals surface area contributed by atoms with Crippen LogP contribution in [0.4, 0.5) is 18.9 Å². The summed E-state index contributed by atoms with van der Waals surface area (Å²) < 4.78 is 38.3. The van der Waals surface area contributed by atoms with Gasteiger partial charge in [-0.05, 0) is 30.3 Å². The molecule has 5 nitrogen and oxygen atoms in total. The number of halogens is 4. The molecule has 0 spiro atoms. The summed E-state index contributed by atoms with van der Waals surface area (Å²) in [7, 11) is 0. The summed E-state index contributed by atoms with van der Waals surface area (Å²) in [6, 6.07) is 5.52. The molecule has 0 unspecified atom stereocenters. The van der Waals surface area contributed by atoms with Crippen molar-refractivity contribution in [2.24, 2.45) is 5.73 Å². The average Bonchev–Trinajstić information content (AvgIpc) is 2.48. The number of pyridine rings is 1. The molecule has 0 saturated heterocycles. The fourth-order valence-corrected chi connectivity index (χ4v) is 1.92. The van der Waals surface area contributed by atoms with Gasteiger partial charge in [0, 0.05) is 11.9 Å². The highest BCUT2D eigenvalue weighted by Gasteiger charge is 2.33. The molecule has 0 radical (unpaired) electrons. The van der Waals surface area contributed by atoms with Crippen LogP contribution in [-0.2, 0) is 6.18 Å². The van der Waals surface area contributed by atoms with E-state index in [4.69, 9.17) is 17.3 Å². The molecule has 2 amide bonds. The fraction of sp³-hybridized carbons (Fsp3) is 0.0714. The van der Waals surface area contributed by atoms with Crippen LogP contribution in [0, 0.1) is 0 Å². The van der Waals surface area contributed by atoms with Gasteiger partial charge in [0.1, 0.15) is 5.69 Å². The molecule has 0 aliphatic heterocycles. The molecule has 0 aliphatic rings. The Morgan fingerprint density at radius 3 is 2.39 bits per heavy atom. The summed E-state index contributed by atoms with van der Waals surface area (Å²) >= 11 is 5.49. The zero-order chi connectivity index (χ0) is 17.2. The number of carbonyl (C=O) groups is 2. The number of hydrogen-bond donors (Lipinski definition) is 2. The molecule has 0 saturated carbocycles. The van der Waals surface area contributed by atoms with Gasteiger partial charge in [-0.25, -0.2) is 0 Å². The number of benzene rings is 1. The maximum atomic E-state index is 12.8. The molecule has 23 heavy (non-hydrogen) atoms. The van der Waals surface area contributed by atoms with Gasteiger partial charge < -0.3 is 11.1 Å². The smallest absolute Gasteiger partial charge is 0.364 e. The fourth-order valence-electron chi connectivity index (χ4n) is 1.70. The Balaban J connectivity index is 2.22. The van der Waals surface area contributed by atoms with E-state index in [0.717, 1.165) is 18.3 Å². The van der Waals surface area contributed by atoms with Gasteiger partial charge in [-0.3, -0.25) is 14.6 Å². The van der Waals surface area contributed by atoms with E-state index < -0.39 is 28.6 Å². The summed E-state index contributed by atoms with van der Waals surface area (Å²) in [5, 5.41) is 1.82. The predicted molar refractivity (Wildman–Crippen MR) is 77.2 cm³/mol. The van der Waals surface area contributed by atoms with Crippen LogP contribution in [0.2, 0.25) is 5.02 Å². The van der Waals surface area contributed by atoms with Gasteiger partial charge in [-0.2, -0.15) is 13.2 Å². The van der Waals surface area contributed by atoms with Gasteiger partial charge in [0.2, 0.25) is 0 Å². The third-order valence-electron chi connectivity index (χ3n) is 2.81. The van der Waals surface area contributed by atoms with Crippen LogP contribution in [0.1, 0.15) is 26.4 Å². The summed E-state index contributed by atoms with van der Waals surface area (Å²) in [4.78, 5) is 26.5. The third-order valence-corrected chi connectivity index (χ3v) is 3.14. The van der Waals surface area contributed by atoms with E-state index in [0.29, 0.717) is 0 Å². The Kier molecular flexibility index (Phi) is 4.55. The molecule has 1 aromatic heterocycles. The first-order valence-corrected chi connectivity index (χ1v) is 6.50. The second kappa shape index (κ2) is 6.25. The molecule has 9 heteroatoms. The van der Waals surface area contributed by atoms with Crippen molar-refractivity contribution in [1.29, 1.82) is 0 Å². The first kappa shape index (κ1) is 16.8. The molecule has 1 aromatic carbocycles. The Labute approximate surface area is 133 Å². The van der Waals surface area contributed by atoms with Crippen molar-refractivity contribution in [3.63, 3.8) is 0 Å². The molecule has 0 bridgehead atoms. The largest absolute Gasteiger partial charge is 0.417 e. The van der Waals surface area contributed by atoms with Gasteiger partial charge >= 0.3 is 6.18 Å². The minimum Gasteiger partial charge on any atom is -0.364 e. The summed E-state index contributed by atoms with van der Waals surface area (Å²) in [6.07, 6.45) is -3.54. The lowest BCUT2D eigenvalue weighted by atomic mass is 10.1. The van der Waals surface area contributed by atoms with Crippen LogP contribution >= 0.6 is 11.6 Å². The molecule has 2 rings (SSSR count). The molecule has 0 aliphatic carbocycles. The van der Waals surface area contributed by atoms with Crippen molar-refractivity contribution in [1.82, 2.24) is 4.98 Å². The van der Waals surface area contributed by atoms with Crippen molar-refractivity contribution < 1.29 is 22.8 Å². The zero-order valence-electron chi connectivity index (χ0n) is 11.3. The summed E-state index contributed by atoms with van der Waals surface area (Å²) in [5.74, 6) is -1.45. The summed E-state index contributed by atoms with van der Waals surface area (Å²) in [5.41, 5.74) is 3.90. The second-order valence-electron chi connectivity index (χ2n) is 4.44. The molecule has 0 atom stereocenters. The predicted octanol–water partition coefficient (Wildman–Crippen LogP) is 3.11. The van der Waals surface area contributed by atoms with E-state index >= 15 is 0 Å². The quantitative estimate of drug-likeness (QED) is 0.898. The minimum atomic E-state index is -4.64. The Morgan fingerprint density at radius 2 is 1.87 bits per heavy atom. The van der Waals surface area contributed by atoms with E-state index in [-0.39, 0.29) is 16.9 Å². The molecule has 120 valence electrons. The normalized spacial score (nSPS) is 11.1. The molecule has 2 aromatic rings. The maximum Gasteiger partial charge on any atom is 0.417 e. The van der Waals surface area contributed by atoms with Crippen LogP contribution in [0.5, 0.6) is 0 Å². The van der Waals surface area contributed by atoms with E-state index in [1.165, 1.54) is 18.2 Å². The van der Waals surface area contributed by atoms with Gasteiger partial charge in [0.15, 0.2) is 0 Å². The number of rotatable bonds is 3. The number of nitrogens with zero attached hydrogens (tertiary/aromatic N) is 1. The molecular formula is C14H9ClF3N3O2. The van der Waals surface area contributed by atoms with Crippen molar-refractivity contribution in [3.05, 3.63) is 58.4 Å².